The summed E-state index contributed by atoms with van der Waals surface area (Å²) in [4.78, 5) is 53.6. The number of amides is 2. The van der Waals surface area contributed by atoms with Gasteiger partial charge in [0, 0.05) is 25.3 Å². The van der Waals surface area contributed by atoms with Crippen molar-refractivity contribution in [1.82, 2.24) is 10.6 Å². The molecule has 8 heteroatoms. The molecule has 2 amide bonds. The van der Waals surface area contributed by atoms with Crippen molar-refractivity contribution < 1.29 is 28.7 Å². The summed E-state index contributed by atoms with van der Waals surface area (Å²) in [6.07, 6.45) is 5.92. The monoisotopic (exact) mass is 638 g/mol. The van der Waals surface area contributed by atoms with Crippen LogP contribution in [0.15, 0.2) is 91.0 Å². The highest BCUT2D eigenvalue weighted by atomic mass is 16.6. The standard InChI is InChI=1S/C39H46N2O6/c1-26(2)22-34-37(44)46-33(27(3)18-19-28-12-7-6-8-13-28)16-11-17-35(42)41-32(36(43)40-25-39(4,5)38(45)47-34)24-29-20-21-30-14-9-10-15-31(30)23-29/h6-15,17-21,23,26-27,32-34H,16,22,24-25H2,1-5H3,(H,40,43)(H,41,42)/b17-11+,19-18+/t27-,32-,33+,34+/m1/s1. The van der Waals surface area contributed by atoms with Crippen LogP contribution in [0.1, 0.15) is 58.6 Å². The van der Waals surface area contributed by atoms with Gasteiger partial charge in [-0.15, -0.1) is 0 Å². The van der Waals surface area contributed by atoms with Crippen molar-refractivity contribution in [3.05, 3.63) is 102 Å². The van der Waals surface area contributed by atoms with Gasteiger partial charge in [-0.1, -0.05) is 112 Å². The van der Waals surface area contributed by atoms with E-state index in [9.17, 15) is 19.2 Å². The van der Waals surface area contributed by atoms with Gasteiger partial charge in [0.05, 0.1) is 5.41 Å². The zero-order valence-electron chi connectivity index (χ0n) is 27.9. The molecule has 0 spiro atoms. The summed E-state index contributed by atoms with van der Waals surface area (Å²) >= 11 is 0. The van der Waals surface area contributed by atoms with Crippen molar-refractivity contribution in [2.45, 2.75) is 72.1 Å². The highest BCUT2D eigenvalue weighted by Crippen LogP contribution is 2.23. The first-order chi connectivity index (χ1) is 22.4. The molecule has 3 aromatic rings. The maximum atomic E-state index is 13.5. The number of rotatable bonds is 7. The van der Waals surface area contributed by atoms with Crippen molar-refractivity contribution in [2.24, 2.45) is 17.3 Å². The number of hydrogen-bond donors (Lipinski definition) is 2. The van der Waals surface area contributed by atoms with Gasteiger partial charge in [-0.05, 0) is 54.2 Å². The molecule has 1 heterocycles. The van der Waals surface area contributed by atoms with Gasteiger partial charge < -0.3 is 20.1 Å². The van der Waals surface area contributed by atoms with Gasteiger partial charge in [0.25, 0.3) is 0 Å². The Morgan fingerprint density at radius 2 is 1.60 bits per heavy atom. The molecular formula is C39H46N2O6. The molecule has 2 N–H and O–H groups in total. The van der Waals surface area contributed by atoms with Crippen LogP contribution in [0.2, 0.25) is 0 Å². The molecule has 1 aliphatic heterocycles. The normalized spacial score (nSPS) is 22.7. The number of ether oxygens (including phenoxy) is 2. The Morgan fingerprint density at radius 1 is 0.894 bits per heavy atom. The number of hydrogen-bond acceptors (Lipinski definition) is 6. The van der Waals surface area contributed by atoms with E-state index in [0.717, 1.165) is 21.9 Å². The van der Waals surface area contributed by atoms with E-state index in [2.05, 4.69) is 10.6 Å². The zero-order chi connectivity index (χ0) is 34.0. The number of benzene rings is 3. The predicted molar refractivity (Wildman–Crippen MR) is 184 cm³/mol. The van der Waals surface area contributed by atoms with Crippen LogP contribution in [0, 0.1) is 17.3 Å². The lowest BCUT2D eigenvalue weighted by Gasteiger charge is -2.29. The number of esters is 2. The fraction of sp³-hybridized carbons (Fsp3) is 0.385. The molecule has 0 saturated carbocycles. The molecule has 4 atom stereocenters. The van der Waals surface area contributed by atoms with Crippen molar-refractivity contribution in [2.75, 3.05) is 6.54 Å². The highest BCUT2D eigenvalue weighted by Gasteiger charge is 2.37. The van der Waals surface area contributed by atoms with Gasteiger partial charge in [-0.3, -0.25) is 14.4 Å². The Labute approximate surface area is 277 Å². The maximum absolute atomic E-state index is 13.5. The average molecular weight is 639 g/mol. The zero-order valence-corrected chi connectivity index (χ0v) is 27.9. The van der Waals surface area contributed by atoms with Crippen molar-refractivity contribution in [1.29, 1.82) is 0 Å². The Balaban J connectivity index is 1.62. The summed E-state index contributed by atoms with van der Waals surface area (Å²) in [5.74, 6) is -2.34. The van der Waals surface area contributed by atoms with Crippen LogP contribution in [-0.4, -0.2) is 48.5 Å². The Morgan fingerprint density at radius 3 is 2.32 bits per heavy atom. The van der Waals surface area contributed by atoms with Gasteiger partial charge in [0.15, 0.2) is 6.10 Å². The van der Waals surface area contributed by atoms with E-state index in [1.807, 2.05) is 106 Å². The topological polar surface area (TPSA) is 111 Å². The summed E-state index contributed by atoms with van der Waals surface area (Å²) < 4.78 is 11.8. The molecule has 3 aromatic carbocycles. The molecule has 0 unspecified atom stereocenters. The van der Waals surface area contributed by atoms with Crippen LogP contribution in [-0.2, 0) is 35.1 Å². The maximum Gasteiger partial charge on any atom is 0.347 e. The van der Waals surface area contributed by atoms with Crippen LogP contribution in [0.25, 0.3) is 16.8 Å². The third-order valence-electron chi connectivity index (χ3n) is 8.22. The Bertz CT molecular complexity index is 1610. The summed E-state index contributed by atoms with van der Waals surface area (Å²) in [6.45, 7) is 9.04. The summed E-state index contributed by atoms with van der Waals surface area (Å²) in [7, 11) is 0. The first-order valence-electron chi connectivity index (χ1n) is 16.3. The van der Waals surface area contributed by atoms with E-state index in [1.54, 1.807) is 19.9 Å². The van der Waals surface area contributed by atoms with E-state index in [1.165, 1.54) is 6.08 Å². The molecular weight excluding hydrogens is 592 g/mol. The second-order valence-corrected chi connectivity index (χ2v) is 13.3. The fourth-order valence-electron chi connectivity index (χ4n) is 5.30. The largest absolute Gasteiger partial charge is 0.459 e. The molecule has 248 valence electrons. The average Bonchev–Trinajstić information content (AvgIpc) is 3.04. The third-order valence-corrected chi connectivity index (χ3v) is 8.22. The van der Waals surface area contributed by atoms with Crippen molar-refractivity contribution in [3.63, 3.8) is 0 Å². The number of carbonyl (C=O) groups excluding carboxylic acids is 4. The van der Waals surface area contributed by atoms with Crippen molar-refractivity contribution in [3.8, 4) is 0 Å². The lowest BCUT2D eigenvalue weighted by Crippen LogP contribution is -2.51. The van der Waals surface area contributed by atoms with Gasteiger partial charge in [0.2, 0.25) is 11.8 Å². The van der Waals surface area contributed by atoms with Crippen LogP contribution >= 0.6 is 0 Å². The van der Waals surface area contributed by atoms with Gasteiger partial charge in [-0.25, -0.2) is 4.79 Å². The molecule has 0 radical (unpaired) electrons. The molecule has 8 nitrogen and oxygen atoms in total. The highest BCUT2D eigenvalue weighted by molar-refractivity contribution is 5.93. The minimum Gasteiger partial charge on any atom is -0.459 e. The molecule has 1 aliphatic rings. The smallest absolute Gasteiger partial charge is 0.347 e. The second-order valence-electron chi connectivity index (χ2n) is 13.3. The molecule has 4 rings (SSSR count). The number of nitrogens with one attached hydrogen (secondary N) is 2. The van der Waals surface area contributed by atoms with E-state index < -0.39 is 47.4 Å². The quantitative estimate of drug-likeness (QED) is 0.299. The first kappa shape index (κ1) is 35.1. The number of fused-ring (bicyclic) bond motifs is 1. The van der Waals surface area contributed by atoms with Crippen LogP contribution in [0.5, 0.6) is 0 Å². The summed E-state index contributed by atoms with van der Waals surface area (Å²) in [5.41, 5.74) is 0.715. The molecule has 0 aromatic heterocycles. The minimum absolute atomic E-state index is 0.0436. The fourth-order valence-corrected chi connectivity index (χ4v) is 5.30. The second kappa shape index (κ2) is 16.2. The van der Waals surface area contributed by atoms with Crippen molar-refractivity contribution >= 4 is 40.6 Å². The lowest BCUT2D eigenvalue weighted by molar-refractivity contribution is -0.178. The number of cyclic esters (lactones) is 2. The van der Waals surface area contributed by atoms with E-state index in [-0.39, 0.29) is 37.6 Å². The molecule has 0 aliphatic carbocycles. The Kier molecular flexibility index (Phi) is 12.1. The van der Waals surface area contributed by atoms with Crippen LogP contribution in [0.4, 0.5) is 0 Å². The van der Waals surface area contributed by atoms with E-state index in [0.29, 0.717) is 0 Å². The van der Waals surface area contributed by atoms with Gasteiger partial charge in [0.1, 0.15) is 12.1 Å². The van der Waals surface area contributed by atoms with E-state index >= 15 is 0 Å². The first-order valence-corrected chi connectivity index (χ1v) is 16.3. The van der Waals surface area contributed by atoms with Crippen LogP contribution in [0.3, 0.4) is 0 Å². The SMILES string of the molecule is CC(C)C[C@@H]1OC(=O)C(C)(C)CNC(=O)[C@@H](Cc2ccc3ccccc3c2)NC(=O)/C=C/C[C@@H]([C@H](C)/C=C/c2ccccc2)OC1=O. The summed E-state index contributed by atoms with van der Waals surface area (Å²) in [5, 5.41) is 7.77. The Hall–Kier alpha value is -4.72. The summed E-state index contributed by atoms with van der Waals surface area (Å²) in [6, 6.07) is 22.7. The van der Waals surface area contributed by atoms with Crippen LogP contribution < -0.4 is 10.6 Å². The minimum atomic E-state index is -1.16. The third kappa shape index (κ3) is 10.4. The van der Waals surface area contributed by atoms with E-state index in [4.69, 9.17) is 9.47 Å². The number of carbonyl (C=O) groups is 4. The van der Waals surface area contributed by atoms with Gasteiger partial charge >= 0.3 is 11.9 Å². The molecule has 47 heavy (non-hydrogen) atoms. The molecule has 0 saturated heterocycles. The van der Waals surface area contributed by atoms with Gasteiger partial charge in [-0.2, -0.15) is 0 Å². The predicted octanol–water partition coefficient (Wildman–Crippen LogP) is 6.19. The lowest BCUT2D eigenvalue weighted by atomic mass is 9.93. The molecule has 0 bridgehead atoms. The molecule has 0 fully saturated rings.